The Labute approximate surface area is 178 Å². The third-order valence-electron chi connectivity index (χ3n) is 4.42. The number of urea groups is 1. The van der Waals surface area contributed by atoms with Crippen molar-refractivity contribution in [2.24, 2.45) is 0 Å². The lowest BCUT2D eigenvalue weighted by Crippen LogP contribution is -2.45. The van der Waals surface area contributed by atoms with Crippen molar-refractivity contribution >= 4 is 35.2 Å². The van der Waals surface area contributed by atoms with Crippen LogP contribution in [0.2, 0.25) is 10.0 Å². The molecular weight excluding hydrogens is 415 g/mol. The predicted octanol–water partition coefficient (Wildman–Crippen LogP) is 4.76. The number of hydrogen-bond acceptors (Lipinski definition) is 4. The van der Waals surface area contributed by atoms with Gasteiger partial charge in [-0.05, 0) is 43.7 Å². The first-order valence-electron chi connectivity index (χ1n) is 9.01. The number of halogens is 2. The Morgan fingerprint density at radius 3 is 2.38 bits per heavy atom. The smallest absolute Gasteiger partial charge is 0.338 e. The molecule has 0 fully saturated rings. The van der Waals surface area contributed by atoms with Crippen molar-refractivity contribution in [2.75, 3.05) is 6.61 Å². The summed E-state index contributed by atoms with van der Waals surface area (Å²) in [6, 6.07) is 11.4. The van der Waals surface area contributed by atoms with Crippen molar-refractivity contribution < 1.29 is 19.1 Å². The molecule has 0 spiro atoms. The second-order valence-electron chi connectivity index (χ2n) is 6.35. The largest absolute Gasteiger partial charge is 0.489 e. The van der Waals surface area contributed by atoms with Crippen LogP contribution in [0.1, 0.15) is 31.0 Å². The Morgan fingerprint density at radius 2 is 1.76 bits per heavy atom. The zero-order valence-electron chi connectivity index (χ0n) is 15.9. The third kappa shape index (κ3) is 4.83. The Kier molecular flexibility index (Phi) is 6.67. The molecule has 0 radical (unpaired) electrons. The van der Waals surface area contributed by atoms with Crippen molar-refractivity contribution in [1.29, 1.82) is 0 Å². The van der Waals surface area contributed by atoms with Gasteiger partial charge < -0.3 is 20.1 Å². The molecule has 3 rings (SSSR count). The summed E-state index contributed by atoms with van der Waals surface area (Å²) in [5, 5.41) is 6.44. The van der Waals surface area contributed by atoms with Crippen molar-refractivity contribution in [3.05, 3.63) is 74.9 Å². The zero-order valence-corrected chi connectivity index (χ0v) is 17.4. The van der Waals surface area contributed by atoms with Gasteiger partial charge in [0.05, 0.1) is 18.2 Å². The molecule has 8 heteroatoms. The minimum Gasteiger partial charge on any atom is -0.489 e. The molecule has 1 heterocycles. The predicted molar refractivity (Wildman–Crippen MR) is 111 cm³/mol. The number of hydrogen-bond donors (Lipinski definition) is 2. The van der Waals surface area contributed by atoms with E-state index in [-0.39, 0.29) is 19.2 Å². The third-order valence-corrected chi connectivity index (χ3v) is 5.13. The molecule has 0 aliphatic carbocycles. The summed E-state index contributed by atoms with van der Waals surface area (Å²) in [4.78, 5) is 24.3. The topological polar surface area (TPSA) is 76.7 Å². The van der Waals surface area contributed by atoms with Gasteiger partial charge in [-0.1, -0.05) is 41.4 Å². The first-order chi connectivity index (χ1) is 13.9. The summed E-state index contributed by atoms with van der Waals surface area (Å²) in [6.07, 6.45) is 0. The van der Waals surface area contributed by atoms with E-state index in [1.54, 1.807) is 56.3 Å². The molecule has 1 atom stereocenters. The van der Waals surface area contributed by atoms with Gasteiger partial charge in [-0.25, -0.2) is 9.59 Å². The standard InChI is InChI=1S/C21H20Cl2N2O4/c1-3-28-20(26)18-12(2)24-21(27)25-19(18)13-7-9-14(10-8-13)29-11-15-16(22)5-4-6-17(15)23/h4-10,19H,3,11H2,1-2H3,(H2,24,25,27). The number of carbonyl (C=O) groups is 2. The van der Waals surface area contributed by atoms with Crippen molar-refractivity contribution in [2.45, 2.75) is 26.5 Å². The van der Waals surface area contributed by atoms with Crippen LogP contribution in [0.3, 0.4) is 0 Å². The number of allylic oxidation sites excluding steroid dienone is 1. The van der Waals surface area contributed by atoms with E-state index >= 15 is 0 Å². The van der Waals surface area contributed by atoms with Gasteiger partial charge in [0.1, 0.15) is 12.4 Å². The van der Waals surface area contributed by atoms with Crippen LogP contribution in [0, 0.1) is 0 Å². The minimum absolute atomic E-state index is 0.217. The first-order valence-corrected chi connectivity index (χ1v) is 9.77. The van der Waals surface area contributed by atoms with Crippen molar-refractivity contribution in [3.63, 3.8) is 0 Å². The fourth-order valence-corrected chi connectivity index (χ4v) is 3.51. The highest BCUT2D eigenvalue weighted by atomic mass is 35.5. The van der Waals surface area contributed by atoms with Gasteiger partial charge in [0, 0.05) is 21.3 Å². The molecule has 0 saturated heterocycles. The van der Waals surface area contributed by atoms with E-state index in [1.807, 2.05) is 0 Å². The van der Waals surface area contributed by atoms with Crippen LogP contribution in [0.15, 0.2) is 53.7 Å². The van der Waals surface area contributed by atoms with Crippen molar-refractivity contribution in [1.82, 2.24) is 10.6 Å². The molecule has 0 saturated carbocycles. The van der Waals surface area contributed by atoms with Gasteiger partial charge in [0.25, 0.3) is 0 Å². The van der Waals surface area contributed by atoms with E-state index in [0.717, 1.165) is 5.56 Å². The molecule has 1 unspecified atom stereocenters. The maximum absolute atomic E-state index is 12.4. The summed E-state index contributed by atoms with van der Waals surface area (Å²) < 4.78 is 10.9. The highest BCUT2D eigenvalue weighted by Crippen LogP contribution is 2.30. The maximum Gasteiger partial charge on any atom is 0.338 e. The lowest BCUT2D eigenvalue weighted by molar-refractivity contribution is -0.139. The molecule has 2 N–H and O–H groups in total. The van der Waals surface area contributed by atoms with E-state index in [9.17, 15) is 9.59 Å². The van der Waals surface area contributed by atoms with Crippen LogP contribution < -0.4 is 15.4 Å². The van der Waals surface area contributed by atoms with Crippen LogP contribution in [-0.4, -0.2) is 18.6 Å². The molecule has 0 aromatic heterocycles. The second kappa shape index (κ2) is 9.20. The molecular formula is C21H20Cl2N2O4. The first kappa shape index (κ1) is 21.0. The maximum atomic E-state index is 12.4. The number of rotatable bonds is 6. The fraction of sp³-hybridized carbons (Fsp3) is 0.238. The Morgan fingerprint density at radius 1 is 1.10 bits per heavy atom. The minimum atomic E-state index is -0.616. The van der Waals surface area contributed by atoms with E-state index in [2.05, 4.69) is 10.6 Å². The van der Waals surface area contributed by atoms with Gasteiger partial charge in [-0.2, -0.15) is 0 Å². The molecule has 1 aliphatic rings. The second-order valence-corrected chi connectivity index (χ2v) is 7.16. The average molecular weight is 435 g/mol. The van der Waals surface area contributed by atoms with E-state index in [0.29, 0.717) is 32.6 Å². The molecule has 2 aromatic carbocycles. The molecule has 0 bridgehead atoms. The number of benzene rings is 2. The summed E-state index contributed by atoms with van der Waals surface area (Å²) >= 11 is 12.3. The summed E-state index contributed by atoms with van der Waals surface area (Å²) in [5.74, 6) is 0.125. The van der Waals surface area contributed by atoms with Crippen LogP contribution in [-0.2, 0) is 16.1 Å². The Balaban J connectivity index is 1.78. The number of esters is 1. The number of amides is 2. The molecule has 6 nitrogen and oxygen atoms in total. The number of nitrogens with one attached hydrogen (secondary N) is 2. The fourth-order valence-electron chi connectivity index (χ4n) is 3.01. The van der Waals surface area contributed by atoms with E-state index in [1.165, 1.54) is 0 Å². The molecule has 152 valence electrons. The Hall–Kier alpha value is -2.70. The quantitative estimate of drug-likeness (QED) is 0.642. The van der Waals surface area contributed by atoms with Crippen LogP contribution in [0.5, 0.6) is 5.75 Å². The van der Waals surface area contributed by atoms with Gasteiger partial charge in [0.15, 0.2) is 0 Å². The summed E-state index contributed by atoms with van der Waals surface area (Å²) in [6.45, 7) is 3.86. The molecule has 1 aliphatic heterocycles. The molecule has 2 aromatic rings. The number of ether oxygens (including phenoxy) is 2. The lowest BCUT2D eigenvalue weighted by atomic mass is 9.95. The monoisotopic (exact) mass is 434 g/mol. The van der Waals surface area contributed by atoms with E-state index in [4.69, 9.17) is 32.7 Å². The van der Waals surface area contributed by atoms with E-state index < -0.39 is 12.0 Å². The van der Waals surface area contributed by atoms with Gasteiger partial charge >= 0.3 is 12.0 Å². The Bertz CT molecular complexity index is 937. The van der Waals surface area contributed by atoms with Crippen LogP contribution >= 0.6 is 23.2 Å². The van der Waals surface area contributed by atoms with Crippen LogP contribution in [0.4, 0.5) is 4.79 Å². The molecule has 2 amide bonds. The van der Waals surface area contributed by atoms with Crippen molar-refractivity contribution in [3.8, 4) is 5.75 Å². The van der Waals surface area contributed by atoms with Gasteiger partial charge in [-0.3, -0.25) is 0 Å². The lowest BCUT2D eigenvalue weighted by Gasteiger charge is -2.28. The normalized spacial score (nSPS) is 16.1. The SMILES string of the molecule is CCOC(=O)C1=C(C)NC(=O)NC1c1ccc(OCc2c(Cl)cccc2Cl)cc1. The summed E-state index contributed by atoms with van der Waals surface area (Å²) in [5.41, 5.74) is 2.26. The average Bonchev–Trinajstić information content (AvgIpc) is 2.67. The van der Waals surface area contributed by atoms with Gasteiger partial charge in [0.2, 0.25) is 0 Å². The highest BCUT2D eigenvalue weighted by Gasteiger charge is 2.32. The zero-order chi connectivity index (χ0) is 21.0. The number of carbonyl (C=O) groups excluding carboxylic acids is 2. The van der Waals surface area contributed by atoms with Crippen LogP contribution in [0.25, 0.3) is 0 Å². The summed E-state index contributed by atoms with van der Waals surface area (Å²) in [7, 11) is 0. The highest BCUT2D eigenvalue weighted by molar-refractivity contribution is 6.35. The molecule has 29 heavy (non-hydrogen) atoms. The van der Waals surface area contributed by atoms with Gasteiger partial charge in [-0.15, -0.1) is 0 Å².